The van der Waals surface area contributed by atoms with Crippen LogP contribution in [-0.2, 0) is 9.53 Å². The van der Waals surface area contributed by atoms with Gasteiger partial charge in [0.1, 0.15) is 0 Å². The SMILES string of the molecule is CCOC(=O)C1=C(Cl)C=CN(C)C1. The molecule has 0 N–H and O–H groups in total. The van der Waals surface area contributed by atoms with Gasteiger partial charge in [0.2, 0.25) is 0 Å². The monoisotopic (exact) mass is 201 g/mol. The van der Waals surface area contributed by atoms with Gasteiger partial charge in [-0.25, -0.2) is 4.79 Å². The zero-order valence-electron chi connectivity index (χ0n) is 7.71. The molecule has 0 fully saturated rings. The van der Waals surface area contributed by atoms with Crippen molar-refractivity contribution >= 4 is 17.6 Å². The molecule has 72 valence electrons. The van der Waals surface area contributed by atoms with E-state index in [1.165, 1.54) is 0 Å². The van der Waals surface area contributed by atoms with Crippen molar-refractivity contribution in [2.45, 2.75) is 6.92 Å². The van der Waals surface area contributed by atoms with Crippen molar-refractivity contribution in [3.63, 3.8) is 0 Å². The van der Waals surface area contributed by atoms with E-state index in [0.29, 0.717) is 23.8 Å². The zero-order valence-corrected chi connectivity index (χ0v) is 8.47. The predicted molar refractivity (Wildman–Crippen MR) is 51.3 cm³/mol. The van der Waals surface area contributed by atoms with Crippen LogP contribution in [0, 0.1) is 0 Å². The molecule has 1 heterocycles. The van der Waals surface area contributed by atoms with Crippen LogP contribution in [0.2, 0.25) is 0 Å². The summed E-state index contributed by atoms with van der Waals surface area (Å²) >= 11 is 5.84. The summed E-state index contributed by atoms with van der Waals surface area (Å²) in [7, 11) is 1.87. The van der Waals surface area contributed by atoms with E-state index < -0.39 is 0 Å². The third kappa shape index (κ3) is 2.49. The van der Waals surface area contributed by atoms with Crippen LogP contribution < -0.4 is 0 Å². The topological polar surface area (TPSA) is 29.5 Å². The van der Waals surface area contributed by atoms with Gasteiger partial charge in [-0.05, 0) is 13.0 Å². The highest BCUT2D eigenvalue weighted by molar-refractivity contribution is 6.33. The van der Waals surface area contributed by atoms with Crippen molar-refractivity contribution in [2.24, 2.45) is 0 Å². The Morgan fingerprint density at radius 3 is 3.08 bits per heavy atom. The van der Waals surface area contributed by atoms with E-state index in [1.807, 2.05) is 18.1 Å². The molecule has 0 atom stereocenters. The number of ether oxygens (including phenoxy) is 1. The minimum absolute atomic E-state index is 0.330. The summed E-state index contributed by atoms with van der Waals surface area (Å²) in [5.74, 6) is -0.330. The first-order valence-corrected chi connectivity index (χ1v) is 4.47. The largest absolute Gasteiger partial charge is 0.463 e. The maximum atomic E-state index is 11.3. The molecular formula is C9H12ClNO2. The lowest BCUT2D eigenvalue weighted by Gasteiger charge is -2.20. The van der Waals surface area contributed by atoms with Gasteiger partial charge in [-0.2, -0.15) is 0 Å². The number of carbonyl (C=O) groups is 1. The highest BCUT2D eigenvalue weighted by Crippen LogP contribution is 2.18. The van der Waals surface area contributed by atoms with Gasteiger partial charge >= 0.3 is 5.97 Å². The molecule has 0 unspecified atom stereocenters. The molecule has 0 radical (unpaired) electrons. The second kappa shape index (κ2) is 4.33. The second-order valence-electron chi connectivity index (χ2n) is 2.78. The number of esters is 1. The zero-order chi connectivity index (χ0) is 9.84. The fraction of sp³-hybridized carbons (Fsp3) is 0.444. The molecule has 0 aromatic rings. The molecule has 4 heteroatoms. The molecule has 1 aliphatic heterocycles. The fourth-order valence-corrected chi connectivity index (χ4v) is 1.24. The molecular weight excluding hydrogens is 190 g/mol. The maximum Gasteiger partial charge on any atom is 0.337 e. The number of nitrogens with zero attached hydrogens (tertiary/aromatic N) is 1. The average molecular weight is 202 g/mol. The van der Waals surface area contributed by atoms with Gasteiger partial charge in [0, 0.05) is 13.2 Å². The van der Waals surface area contributed by atoms with Crippen molar-refractivity contribution in [1.29, 1.82) is 0 Å². The number of carbonyl (C=O) groups excluding carboxylic acids is 1. The minimum Gasteiger partial charge on any atom is -0.463 e. The molecule has 0 amide bonds. The Morgan fingerprint density at radius 1 is 1.77 bits per heavy atom. The van der Waals surface area contributed by atoms with Gasteiger partial charge in [0.15, 0.2) is 0 Å². The number of likely N-dealkylation sites (N-methyl/N-ethyl adjacent to an activating group) is 1. The van der Waals surface area contributed by atoms with Crippen LogP contribution in [0.25, 0.3) is 0 Å². The Labute approximate surface area is 82.6 Å². The van der Waals surface area contributed by atoms with Crippen molar-refractivity contribution < 1.29 is 9.53 Å². The quantitative estimate of drug-likeness (QED) is 0.635. The van der Waals surface area contributed by atoms with Crippen LogP contribution in [-0.4, -0.2) is 31.1 Å². The molecule has 1 aliphatic rings. The van der Waals surface area contributed by atoms with Crippen molar-refractivity contribution in [2.75, 3.05) is 20.2 Å². The van der Waals surface area contributed by atoms with Gasteiger partial charge in [0.05, 0.1) is 23.8 Å². The molecule has 0 aliphatic carbocycles. The summed E-state index contributed by atoms with van der Waals surface area (Å²) in [5, 5.41) is 0.469. The first-order valence-electron chi connectivity index (χ1n) is 4.09. The number of hydrogen-bond acceptors (Lipinski definition) is 3. The van der Waals surface area contributed by atoms with Gasteiger partial charge in [-0.15, -0.1) is 0 Å². The highest BCUT2D eigenvalue weighted by Gasteiger charge is 2.18. The molecule has 0 bridgehead atoms. The van der Waals surface area contributed by atoms with Gasteiger partial charge in [-0.1, -0.05) is 11.6 Å². The van der Waals surface area contributed by atoms with Crippen molar-refractivity contribution in [3.05, 3.63) is 22.9 Å². The van der Waals surface area contributed by atoms with E-state index in [4.69, 9.17) is 16.3 Å². The molecule has 3 nitrogen and oxygen atoms in total. The maximum absolute atomic E-state index is 11.3. The summed E-state index contributed by atoms with van der Waals surface area (Å²) < 4.78 is 4.86. The summed E-state index contributed by atoms with van der Waals surface area (Å²) in [6.45, 7) is 2.66. The average Bonchev–Trinajstić information content (AvgIpc) is 2.09. The van der Waals surface area contributed by atoms with Crippen LogP contribution in [0.1, 0.15) is 6.92 Å². The van der Waals surface area contributed by atoms with Crippen LogP contribution in [0.3, 0.4) is 0 Å². The summed E-state index contributed by atoms with van der Waals surface area (Å²) in [6.07, 6.45) is 3.52. The Bertz CT molecular complexity index is 271. The molecule has 0 saturated carbocycles. The van der Waals surface area contributed by atoms with E-state index >= 15 is 0 Å². The molecule has 0 spiro atoms. The lowest BCUT2D eigenvalue weighted by Crippen LogP contribution is -2.24. The Hall–Kier alpha value is -0.960. The molecule has 0 saturated heterocycles. The van der Waals surface area contributed by atoms with Crippen LogP contribution in [0.4, 0.5) is 0 Å². The molecule has 0 aromatic carbocycles. The highest BCUT2D eigenvalue weighted by atomic mass is 35.5. The Balaban J connectivity index is 2.77. The van der Waals surface area contributed by atoms with Gasteiger partial charge in [0.25, 0.3) is 0 Å². The number of rotatable bonds is 2. The third-order valence-corrected chi connectivity index (χ3v) is 2.05. The van der Waals surface area contributed by atoms with Crippen LogP contribution >= 0.6 is 11.6 Å². The minimum atomic E-state index is -0.330. The Morgan fingerprint density at radius 2 is 2.46 bits per heavy atom. The lowest BCUT2D eigenvalue weighted by molar-refractivity contribution is -0.138. The Kier molecular flexibility index (Phi) is 3.37. The summed E-state index contributed by atoms with van der Waals surface area (Å²) in [4.78, 5) is 13.2. The smallest absolute Gasteiger partial charge is 0.337 e. The van der Waals surface area contributed by atoms with Crippen molar-refractivity contribution in [1.82, 2.24) is 4.90 Å². The molecule has 0 aromatic heterocycles. The van der Waals surface area contributed by atoms with Crippen LogP contribution in [0.15, 0.2) is 22.9 Å². The second-order valence-corrected chi connectivity index (χ2v) is 3.19. The lowest BCUT2D eigenvalue weighted by atomic mass is 10.2. The van der Waals surface area contributed by atoms with Crippen molar-refractivity contribution in [3.8, 4) is 0 Å². The normalized spacial score (nSPS) is 16.4. The van der Waals surface area contributed by atoms with E-state index in [2.05, 4.69) is 0 Å². The van der Waals surface area contributed by atoms with E-state index in [9.17, 15) is 4.79 Å². The van der Waals surface area contributed by atoms with Crippen LogP contribution in [0.5, 0.6) is 0 Å². The third-order valence-electron chi connectivity index (χ3n) is 1.69. The first kappa shape index (κ1) is 10.1. The fourth-order valence-electron chi connectivity index (χ4n) is 1.05. The summed E-state index contributed by atoms with van der Waals surface area (Å²) in [6, 6.07) is 0. The van der Waals surface area contributed by atoms with E-state index in [-0.39, 0.29) is 5.97 Å². The summed E-state index contributed by atoms with van der Waals surface area (Å²) in [5.41, 5.74) is 0.522. The first-order chi connectivity index (χ1) is 6.15. The standard InChI is InChI=1S/C9H12ClNO2/c1-3-13-9(12)7-6-11(2)5-4-8(7)10/h4-5H,3,6H2,1-2H3. The molecule has 1 rings (SSSR count). The molecule has 13 heavy (non-hydrogen) atoms. The number of halogens is 1. The number of hydrogen-bond donors (Lipinski definition) is 0. The van der Waals surface area contributed by atoms with Gasteiger partial charge < -0.3 is 9.64 Å². The number of allylic oxidation sites excluding steroid dienone is 2. The van der Waals surface area contributed by atoms with E-state index in [0.717, 1.165) is 0 Å². The van der Waals surface area contributed by atoms with Gasteiger partial charge in [-0.3, -0.25) is 0 Å². The predicted octanol–water partition coefficient (Wildman–Crippen LogP) is 1.50. The van der Waals surface area contributed by atoms with E-state index in [1.54, 1.807) is 13.0 Å².